The number of aliphatic hydroxyl groups excluding tert-OH is 1. The van der Waals surface area contributed by atoms with E-state index in [0.29, 0.717) is 25.7 Å². The van der Waals surface area contributed by atoms with Crippen LogP contribution in [-0.4, -0.2) is 96.7 Å². The number of phosphoric acid groups is 2. The fourth-order valence-corrected chi connectivity index (χ4v) is 12.8. The average molecular weight is 1370 g/mol. The van der Waals surface area contributed by atoms with Crippen LogP contribution in [0.3, 0.4) is 0 Å². The Balaban J connectivity index is 5.24. The number of hydrogen-bond acceptors (Lipinski definition) is 15. The van der Waals surface area contributed by atoms with Crippen molar-refractivity contribution in [2.45, 2.75) is 394 Å². The summed E-state index contributed by atoms with van der Waals surface area (Å²) in [6.07, 6.45) is 49.8. The molecule has 0 aromatic rings. The third-order valence-corrected chi connectivity index (χ3v) is 19.8. The lowest BCUT2D eigenvalue weighted by molar-refractivity contribution is -0.161. The fourth-order valence-electron chi connectivity index (χ4n) is 11.2. The topological polar surface area (TPSA) is 237 Å². The van der Waals surface area contributed by atoms with Crippen LogP contribution in [0.1, 0.15) is 376 Å². The number of esters is 4. The van der Waals surface area contributed by atoms with Gasteiger partial charge in [-0.05, 0) is 43.4 Å². The number of unbranched alkanes of at least 4 members (excludes halogenated alkanes) is 38. The summed E-state index contributed by atoms with van der Waals surface area (Å²) in [5.41, 5.74) is 0. The van der Waals surface area contributed by atoms with Crippen LogP contribution in [0.5, 0.6) is 0 Å². The van der Waals surface area contributed by atoms with Crippen LogP contribution in [0.2, 0.25) is 0 Å². The van der Waals surface area contributed by atoms with Crippen LogP contribution in [0, 0.1) is 17.8 Å². The van der Waals surface area contributed by atoms with E-state index in [1.165, 1.54) is 186 Å². The van der Waals surface area contributed by atoms with Gasteiger partial charge in [0.05, 0.1) is 26.4 Å². The molecular weight excluding hydrogens is 1220 g/mol. The zero-order chi connectivity index (χ0) is 68.7. The van der Waals surface area contributed by atoms with Crippen LogP contribution in [0.4, 0.5) is 0 Å². The molecule has 0 heterocycles. The first-order valence-electron chi connectivity index (χ1n) is 38.4. The molecule has 93 heavy (non-hydrogen) atoms. The summed E-state index contributed by atoms with van der Waals surface area (Å²) in [6.45, 7) is 11.9. The van der Waals surface area contributed by atoms with Crippen LogP contribution >= 0.6 is 15.6 Å². The molecule has 17 nitrogen and oxygen atoms in total. The van der Waals surface area contributed by atoms with E-state index in [1.54, 1.807) is 0 Å². The van der Waals surface area contributed by atoms with Gasteiger partial charge in [0, 0.05) is 25.7 Å². The minimum absolute atomic E-state index is 0.105. The molecule has 0 radical (unpaired) electrons. The van der Waals surface area contributed by atoms with E-state index in [-0.39, 0.29) is 25.7 Å². The zero-order valence-corrected chi connectivity index (χ0v) is 62.5. The van der Waals surface area contributed by atoms with E-state index < -0.39 is 97.5 Å². The monoisotopic (exact) mass is 1370 g/mol. The number of phosphoric ester groups is 2. The summed E-state index contributed by atoms with van der Waals surface area (Å²) in [4.78, 5) is 72.7. The van der Waals surface area contributed by atoms with Crippen molar-refractivity contribution in [3.05, 3.63) is 0 Å². The molecule has 0 aromatic carbocycles. The summed E-state index contributed by atoms with van der Waals surface area (Å²) in [6, 6.07) is 0. The lowest BCUT2D eigenvalue weighted by atomic mass is 9.99. The second kappa shape index (κ2) is 64.7. The summed E-state index contributed by atoms with van der Waals surface area (Å²) >= 11 is 0. The number of carbonyl (C=O) groups excluding carboxylic acids is 4. The second-order valence-electron chi connectivity index (χ2n) is 27.6. The number of hydrogen-bond donors (Lipinski definition) is 3. The average Bonchev–Trinajstić information content (AvgIpc) is 1.62. The third kappa shape index (κ3) is 65.8. The number of carbonyl (C=O) groups is 4. The highest BCUT2D eigenvalue weighted by Crippen LogP contribution is 2.45. The van der Waals surface area contributed by atoms with Crippen molar-refractivity contribution < 1.29 is 80.2 Å². The molecule has 0 aliphatic heterocycles. The molecule has 552 valence electrons. The molecule has 0 saturated carbocycles. The van der Waals surface area contributed by atoms with Crippen molar-refractivity contribution in [1.29, 1.82) is 0 Å². The molecule has 0 fully saturated rings. The molecule has 0 bridgehead atoms. The molecule has 0 aliphatic carbocycles. The predicted molar refractivity (Wildman–Crippen MR) is 377 cm³/mol. The maximum atomic E-state index is 13.1. The van der Waals surface area contributed by atoms with Gasteiger partial charge in [0.15, 0.2) is 12.2 Å². The van der Waals surface area contributed by atoms with Crippen molar-refractivity contribution in [2.24, 2.45) is 17.8 Å². The molecule has 7 atom stereocenters. The van der Waals surface area contributed by atoms with Crippen LogP contribution in [0.15, 0.2) is 0 Å². The molecule has 0 spiro atoms. The maximum absolute atomic E-state index is 13.1. The Bertz CT molecular complexity index is 1820. The number of ether oxygens (including phenoxy) is 4. The molecule has 19 heteroatoms. The summed E-state index contributed by atoms with van der Waals surface area (Å²) in [5.74, 6) is 0.270. The molecular formula is C74H144O17P2. The highest BCUT2D eigenvalue weighted by atomic mass is 31.2. The van der Waals surface area contributed by atoms with Gasteiger partial charge in [-0.3, -0.25) is 37.3 Å². The second-order valence-corrected chi connectivity index (χ2v) is 30.6. The van der Waals surface area contributed by atoms with E-state index in [4.69, 9.17) is 37.0 Å². The Hall–Kier alpha value is -1.94. The van der Waals surface area contributed by atoms with Gasteiger partial charge in [-0.25, -0.2) is 9.13 Å². The quantitative estimate of drug-likeness (QED) is 0.0222. The van der Waals surface area contributed by atoms with Crippen molar-refractivity contribution in [3.8, 4) is 0 Å². The largest absolute Gasteiger partial charge is 0.472 e. The zero-order valence-electron chi connectivity index (χ0n) is 60.7. The van der Waals surface area contributed by atoms with E-state index in [2.05, 4.69) is 48.5 Å². The minimum Gasteiger partial charge on any atom is -0.462 e. The molecule has 0 aromatic heterocycles. The molecule has 4 unspecified atom stereocenters. The summed E-state index contributed by atoms with van der Waals surface area (Å²) in [5, 5.41) is 10.6. The minimum atomic E-state index is -4.96. The van der Waals surface area contributed by atoms with Crippen molar-refractivity contribution in [2.75, 3.05) is 39.6 Å². The van der Waals surface area contributed by atoms with Gasteiger partial charge in [0.25, 0.3) is 0 Å². The van der Waals surface area contributed by atoms with E-state index >= 15 is 0 Å². The summed E-state index contributed by atoms with van der Waals surface area (Å²) in [7, 11) is -9.91. The van der Waals surface area contributed by atoms with Crippen LogP contribution < -0.4 is 0 Å². The fraction of sp³-hybridized carbons (Fsp3) is 0.946. The summed E-state index contributed by atoms with van der Waals surface area (Å²) < 4.78 is 68.4. The number of rotatable bonds is 72. The molecule has 0 rings (SSSR count). The first-order valence-corrected chi connectivity index (χ1v) is 41.4. The van der Waals surface area contributed by atoms with Crippen molar-refractivity contribution in [3.63, 3.8) is 0 Å². The molecule has 0 saturated heterocycles. The molecule has 0 aliphatic rings. The standard InChI is InChI=1S/C74H144O17P2/c1-8-11-12-13-14-24-34-41-48-55-71(76)84-61-69(91-74(79)58-51-44-37-30-23-25-31-38-45-52-65(4)5)63-88-92(80,81)86-59-68(75)60-87-93(82,83)89-64-70(62-85-72(77)56-49-42-35-28-22-21-27-33-40-47-54-67(7)10-3)90-73(78)57-50-43-36-29-20-18-16-15-17-19-26-32-39-46-53-66(6)9-2/h65-70,75H,8-64H2,1-7H3,(H,80,81)(H,82,83)/t66?,67?,68-,69+,70+/m0/s1. The lowest BCUT2D eigenvalue weighted by Crippen LogP contribution is -2.30. The van der Waals surface area contributed by atoms with Gasteiger partial charge < -0.3 is 33.8 Å². The Morgan fingerprint density at radius 2 is 0.548 bits per heavy atom. The normalized spacial score (nSPS) is 14.7. The van der Waals surface area contributed by atoms with Gasteiger partial charge in [-0.15, -0.1) is 0 Å². The van der Waals surface area contributed by atoms with Gasteiger partial charge in [0.1, 0.15) is 19.3 Å². The maximum Gasteiger partial charge on any atom is 0.472 e. The Morgan fingerprint density at radius 1 is 0.312 bits per heavy atom. The first-order chi connectivity index (χ1) is 44.8. The Labute approximate surface area is 568 Å². The van der Waals surface area contributed by atoms with Crippen LogP contribution in [-0.2, 0) is 65.4 Å². The van der Waals surface area contributed by atoms with E-state index in [0.717, 1.165) is 108 Å². The number of aliphatic hydroxyl groups is 1. The SMILES string of the molecule is CCCCCCCCCCCC(=O)OC[C@H](COP(=O)(O)OC[C@H](O)COP(=O)(O)OC[C@@H](COC(=O)CCCCCCCCCCCCC(C)CC)OC(=O)CCCCCCCCCCCCCCCCC(C)CC)OC(=O)CCCCCCCCCCCC(C)C. The van der Waals surface area contributed by atoms with Gasteiger partial charge in [-0.1, -0.05) is 325 Å². The van der Waals surface area contributed by atoms with Gasteiger partial charge in [-0.2, -0.15) is 0 Å². The van der Waals surface area contributed by atoms with Crippen molar-refractivity contribution >= 4 is 39.5 Å². The lowest BCUT2D eigenvalue weighted by Gasteiger charge is -2.21. The highest BCUT2D eigenvalue weighted by Gasteiger charge is 2.30. The van der Waals surface area contributed by atoms with Crippen molar-refractivity contribution in [1.82, 2.24) is 0 Å². The smallest absolute Gasteiger partial charge is 0.462 e. The highest BCUT2D eigenvalue weighted by molar-refractivity contribution is 7.47. The van der Waals surface area contributed by atoms with Gasteiger partial charge >= 0.3 is 39.5 Å². The van der Waals surface area contributed by atoms with Gasteiger partial charge in [0.2, 0.25) is 0 Å². The Morgan fingerprint density at radius 3 is 0.817 bits per heavy atom. The first kappa shape index (κ1) is 91.1. The van der Waals surface area contributed by atoms with Crippen LogP contribution in [0.25, 0.3) is 0 Å². The van der Waals surface area contributed by atoms with E-state index in [9.17, 15) is 43.2 Å². The molecule has 3 N–H and O–H groups in total. The Kier molecular flexibility index (Phi) is 63.4. The molecule has 0 amide bonds. The predicted octanol–water partition coefficient (Wildman–Crippen LogP) is 21.4. The van der Waals surface area contributed by atoms with E-state index in [1.807, 2.05) is 0 Å². The third-order valence-electron chi connectivity index (χ3n) is 17.9.